The smallest absolute Gasteiger partial charge is 0.135 e. The Balaban J connectivity index is 0.900. The lowest BCUT2D eigenvalue weighted by Crippen LogP contribution is -2.21. The molecule has 0 bridgehead atoms. The van der Waals surface area contributed by atoms with Gasteiger partial charge >= 0.3 is 0 Å². The minimum absolute atomic E-state index is 0.0384. The van der Waals surface area contributed by atoms with E-state index in [0.717, 1.165) is 50.8 Å². The number of para-hydroxylation sites is 4. The minimum atomic E-state index is -0.0384. The maximum absolute atomic E-state index is 6.57. The quantitative estimate of drug-likeness (QED) is 0.144. The van der Waals surface area contributed by atoms with E-state index in [9.17, 15) is 0 Å². The van der Waals surface area contributed by atoms with Crippen molar-refractivity contribution in [1.29, 1.82) is 0 Å². The first-order valence-electron chi connectivity index (χ1n) is 23.8. The van der Waals surface area contributed by atoms with E-state index in [4.69, 9.17) is 4.74 Å². The fraction of sp³-hybridized carbons (Fsp3) is 0.0303. The fourth-order valence-electron chi connectivity index (χ4n) is 10.7. The number of nitrogens with zero attached hydrogens (tertiary/aromatic N) is 2. The standard InChI is InChI=1S/C66H46N2O/c1-3-17-45(18-4-1)50-37-42-55(64(44-50)68-62-30-12-8-24-57(62)58-25-9-13-31-63(58)68)48-35-40-53(41-36-48)67(61-29-11-7-23-54(61)47-19-5-2-6-20-47)52-38-33-46(34-39-52)49-21-15-22-51(43-49)56-27-16-28-60-59-26-10-14-32-65(59)69-66(56)60/h1-44,60,66H. The number of hydrogen-bond donors (Lipinski definition) is 0. The lowest BCUT2D eigenvalue weighted by Gasteiger charge is -2.28. The lowest BCUT2D eigenvalue weighted by molar-refractivity contribution is 0.278. The van der Waals surface area contributed by atoms with Gasteiger partial charge < -0.3 is 14.2 Å². The first-order valence-corrected chi connectivity index (χ1v) is 23.8. The van der Waals surface area contributed by atoms with Crippen LogP contribution in [0.25, 0.3) is 77.6 Å². The molecule has 1 aliphatic carbocycles. The Morgan fingerprint density at radius 1 is 0.391 bits per heavy atom. The number of rotatable bonds is 9. The molecule has 11 aromatic rings. The molecule has 0 N–H and O–H groups in total. The normalized spacial score (nSPS) is 14.8. The Bertz CT molecular complexity index is 3700. The van der Waals surface area contributed by atoms with Gasteiger partial charge in [0, 0.05) is 50.3 Å². The molecule has 0 radical (unpaired) electrons. The van der Waals surface area contributed by atoms with Gasteiger partial charge in [-0.05, 0) is 99.6 Å². The van der Waals surface area contributed by atoms with Crippen LogP contribution in [0.15, 0.2) is 267 Å². The summed E-state index contributed by atoms with van der Waals surface area (Å²) in [7, 11) is 0. The SMILES string of the molecule is C1=CC2c3ccccc3OC2C(c2cccc(-c3ccc(N(c4ccc(-c5ccc(-c6ccccc6)cc5-n5c6ccccc6c6ccccc65)cc4)c4ccccc4-c4ccccc4)cc3)c2)=C1. The van der Waals surface area contributed by atoms with Gasteiger partial charge in [-0.1, -0.05) is 206 Å². The van der Waals surface area contributed by atoms with E-state index in [1.165, 1.54) is 60.8 Å². The van der Waals surface area contributed by atoms with Crippen molar-refractivity contribution in [3.63, 3.8) is 0 Å². The highest BCUT2D eigenvalue weighted by atomic mass is 16.5. The second kappa shape index (κ2) is 17.1. The number of allylic oxidation sites excluding steroid dienone is 2. The van der Waals surface area contributed by atoms with Crippen molar-refractivity contribution in [3.05, 3.63) is 278 Å². The number of benzene rings is 10. The molecule has 1 aromatic heterocycles. The summed E-state index contributed by atoms with van der Waals surface area (Å²) in [4.78, 5) is 2.40. The van der Waals surface area contributed by atoms with E-state index >= 15 is 0 Å². The van der Waals surface area contributed by atoms with E-state index in [1.54, 1.807) is 0 Å². The maximum Gasteiger partial charge on any atom is 0.135 e. The molecule has 0 saturated carbocycles. The van der Waals surface area contributed by atoms with Gasteiger partial charge in [-0.2, -0.15) is 0 Å². The predicted octanol–water partition coefficient (Wildman–Crippen LogP) is 17.4. The molecule has 0 spiro atoms. The van der Waals surface area contributed by atoms with Gasteiger partial charge in [0.15, 0.2) is 0 Å². The third-order valence-corrected chi connectivity index (χ3v) is 14.0. The zero-order valence-corrected chi connectivity index (χ0v) is 37.9. The second-order valence-electron chi connectivity index (χ2n) is 18.0. The van der Waals surface area contributed by atoms with Crippen LogP contribution >= 0.6 is 0 Å². The average Bonchev–Trinajstić information content (AvgIpc) is 3.98. The number of anilines is 3. The van der Waals surface area contributed by atoms with Crippen LogP contribution in [0.3, 0.4) is 0 Å². The van der Waals surface area contributed by atoms with Crippen LogP contribution in [-0.2, 0) is 0 Å². The summed E-state index contributed by atoms with van der Waals surface area (Å²) < 4.78 is 9.02. The predicted molar refractivity (Wildman–Crippen MR) is 288 cm³/mol. The van der Waals surface area contributed by atoms with Crippen LogP contribution in [0.2, 0.25) is 0 Å². The van der Waals surface area contributed by atoms with Crippen molar-refractivity contribution < 1.29 is 4.74 Å². The molecule has 2 heterocycles. The molecule has 10 aromatic carbocycles. The van der Waals surface area contributed by atoms with E-state index in [-0.39, 0.29) is 12.0 Å². The topological polar surface area (TPSA) is 17.4 Å². The zero-order chi connectivity index (χ0) is 45.7. The van der Waals surface area contributed by atoms with Crippen molar-refractivity contribution in [1.82, 2.24) is 4.57 Å². The molecule has 3 nitrogen and oxygen atoms in total. The van der Waals surface area contributed by atoms with Crippen molar-refractivity contribution in [2.45, 2.75) is 12.0 Å². The first-order chi connectivity index (χ1) is 34.2. The third kappa shape index (κ3) is 7.15. The van der Waals surface area contributed by atoms with Gasteiger partial charge in [0.05, 0.1) is 22.4 Å². The summed E-state index contributed by atoms with van der Waals surface area (Å²) in [6.45, 7) is 0. The first kappa shape index (κ1) is 40.4. The molecule has 3 heteroatoms. The van der Waals surface area contributed by atoms with E-state index in [1.807, 2.05) is 0 Å². The van der Waals surface area contributed by atoms with Crippen LogP contribution in [0.5, 0.6) is 5.75 Å². The van der Waals surface area contributed by atoms with E-state index in [2.05, 4.69) is 276 Å². The molecule has 0 saturated heterocycles. The summed E-state index contributed by atoms with van der Waals surface area (Å²) >= 11 is 0. The van der Waals surface area contributed by atoms with Gasteiger partial charge in [0.25, 0.3) is 0 Å². The average molecular weight is 883 g/mol. The number of fused-ring (bicyclic) bond motifs is 6. The Morgan fingerprint density at radius 3 is 1.67 bits per heavy atom. The Morgan fingerprint density at radius 2 is 0.928 bits per heavy atom. The van der Waals surface area contributed by atoms with Crippen molar-refractivity contribution in [2.24, 2.45) is 0 Å². The Hall–Kier alpha value is -8.92. The van der Waals surface area contributed by atoms with Crippen molar-refractivity contribution >= 4 is 44.4 Å². The third-order valence-electron chi connectivity index (χ3n) is 14.0. The summed E-state index contributed by atoms with van der Waals surface area (Å²) in [6, 6.07) is 90.0. The van der Waals surface area contributed by atoms with Crippen LogP contribution in [0.4, 0.5) is 17.1 Å². The van der Waals surface area contributed by atoms with Crippen LogP contribution in [0, 0.1) is 0 Å². The van der Waals surface area contributed by atoms with Gasteiger partial charge in [-0.3, -0.25) is 0 Å². The van der Waals surface area contributed by atoms with E-state index < -0.39 is 0 Å². The molecule has 0 amide bonds. The maximum atomic E-state index is 6.57. The summed E-state index contributed by atoms with van der Waals surface area (Å²) in [6.07, 6.45) is 6.63. The van der Waals surface area contributed by atoms with Crippen molar-refractivity contribution in [3.8, 4) is 55.9 Å². The number of ether oxygens (including phenoxy) is 1. The fourth-order valence-corrected chi connectivity index (χ4v) is 10.7. The molecule has 69 heavy (non-hydrogen) atoms. The highest BCUT2D eigenvalue weighted by Gasteiger charge is 2.36. The molecule has 2 unspecified atom stereocenters. The summed E-state index contributed by atoms with van der Waals surface area (Å²) in [5, 5.41) is 2.49. The molecular formula is C66H46N2O. The molecule has 326 valence electrons. The summed E-state index contributed by atoms with van der Waals surface area (Å²) in [5.41, 5.74) is 19.7. The summed E-state index contributed by atoms with van der Waals surface area (Å²) in [5.74, 6) is 1.19. The lowest BCUT2D eigenvalue weighted by atomic mass is 9.84. The van der Waals surface area contributed by atoms with Crippen LogP contribution in [-0.4, -0.2) is 10.7 Å². The second-order valence-corrected chi connectivity index (χ2v) is 18.0. The highest BCUT2D eigenvalue weighted by molar-refractivity contribution is 6.10. The Labute approximate surface area is 402 Å². The Kier molecular flexibility index (Phi) is 9.98. The molecule has 2 atom stereocenters. The van der Waals surface area contributed by atoms with Gasteiger partial charge in [-0.15, -0.1) is 0 Å². The van der Waals surface area contributed by atoms with Crippen LogP contribution in [0.1, 0.15) is 17.0 Å². The van der Waals surface area contributed by atoms with Gasteiger partial charge in [0.2, 0.25) is 0 Å². The molecule has 0 fully saturated rings. The van der Waals surface area contributed by atoms with Gasteiger partial charge in [-0.25, -0.2) is 0 Å². The zero-order valence-electron chi connectivity index (χ0n) is 37.9. The van der Waals surface area contributed by atoms with E-state index in [0.29, 0.717) is 0 Å². The molecule has 2 aliphatic rings. The van der Waals surface area contributed by atoms with Gasteiger partial charge in [0.1, 0.15) is 11.9 Å². The highest BCUT2D eigenvalue weighted by Crippen LogP contribution is 2.47. The van der Waals surface area contributed by atoms with Crippen LogP contribution < -0.4 is 9.64 Å². The molecule has 1 aliphatic heterocycles. The largest absolute Gasteiger partial charge is 0.484 e. The minimum Gasteiger partial charge on any atom is -0.484 e. The number of hydrogen-bond acceptors (Lipinski definition) is 2. The molecule has 13 rings (SSSR count). The van der Waals surface area contributed by atoms with Crippen molar-refractivity contribution in [2.75, 3.05) is 4.90 Å². The number of aromatic nitrogens is 1. The monoisotopic (exact) mass is 882 g/mol. The molecular weight excluding hydrogens is 837 g/mol.